The van der Waals surface area contributed by atoms with E-state index in [4.69, 9.17) is 4.74 Å². The molecule has 3 fully saturated rings. The molecule has 0 N–H and O–H groups in total. The predicted octanol–water partition coefficient (Wildman–Crippen LogP) is 2.62. The van der Waals surface area contributed by atoms with E-state index in [1.54, 1.807) is 12.1 Å². The van der Waals surface area contributed by atoms with E-state index < -0.39 is 6.04 Å². The van der Waals surface area contributed by atoms with Crippen molar-refractivity contribution in [3.05, 3.63) is 60.2 Å². The summed E-state index contributed by atoms with van der Waals surface area (Å²) in [4.78, 5) is 28.1. The SMILES string of the molecule is CCOc1ccc(N2C(=O)[C@@H]3[C@@H](C2=O)N2CCCN2[C@H]3c2ccccc2)cc1. The molecule has 0 bridgehead atoms. The van der Waals surface area contributed by atoms with Crippen molar-refractivity contribution in [2.75, 3.05) is 24.6 Å². The summed E-state index contributed by atoms with van der Waals surface area (Å²) in [5, 5.41) is 4.35. The topological polar surface area (TPSA) is 53.1 Å². The molecular formula is C22H23N3O3. The molecule has 2 aromatic carbocycles. The van der Waals surface area contributed by atoms with Crippen molar-refractivity contribution in [1.29, 1.82) is 0 Å². The highest BCUT2D eigenvalue weighted by atomic mass is 16.5. The Morgan fingerprint density at radius 3 is 2.25 bits per heavy atom. The van der Waals surface area contributed by atoms with Crippen molar-refractivity contribution < 1.29 is 14.3 Å². The first-order chi connectivity index (χ1) is 13.7. The van der Waals surface area contributed by atoms with Crippen LogP contribution in [0.2, 0.25) is 0 Å². The van der Waals surface area contributed by atoms with Gasteiger partial charge in [-0.05, 0) is 43.2 Å². The predicted molar refractivity (Wildman–Crippen MR) is 105 cm³/mol. The molecule has 0 spiro atoms. The number of carbonyl (C=O) groups excluding carboxylic acids is 2. The van der Waals surface area contributed by atoms with Gasteiger partial charge < -0.3 is 4.74 Å². The number of carbonyl (C=O) groups is 2. The molecule has 3 aliphatic heterocycles. The largest absolute Gasteiger partial charge is 0.494 e. The van der Waals surface area contributed by atoms with Gasteiger partial charge in [0.05, 0.1) is 24.3 Å². The number of anilines is 1. The fourth-order valence-electron chi connectivity index (χ4n) is 4.88. The Balaban J connectivity index is 1.52. The number of hydrazine groups is 1. The van der Waals surface area contributed by atoms with Crippen LogP contribution in [0.15, 0.2) is 54.6 Å². The Hall–Kier alpha value is -2.70. The van der Waals surface area contributed by atoms with Crippen molar-refractivity contribution in [1.82, 2.24) is 10.0 Å². The molecule has 3 atom stereocenters. The van der Waals surface area contributed by atoms with Gasteiger partial charge in [0.25, 0.3) is 5.91 Å². The fourth-order valence-corrected chi connectivity index (χ4v) is 4.88. The second kappa shape index (κ2) is 6.72. The summed E-state index contributed by atoms with van der Waals surface area (Å²) in [6.45, 7) is 4.21. The molecule has 0 aromatic heterocycles. The average Bonchev–Trinajstić information content (AvgIpc) is 3.36. The summed E-state index contributed by atoms with van der Waals surface area (Å²) >= 11 is 0. The maximum atomic E-state index is 13.4. The Bertz CT molecular complexity index is 899. The first kappa shape index (κ1) is 17.4. The zero-order chi connectivity index (χ0) is 19.3. The van der Waals surface area contributed by atoms with Gasteiger partial charge in [-0.1, -0.05) is 30.3 Å². The number of hydrogen-bond donors (Lipinski definition) is 0. The van der Waals surface area contributed by atoms with E-state index in [-0.39, 0.29) is 23.8 Å². The minimum atomic E-state index is -0.410. The van der Waals surface area contributed by atoms with Crippen LogP contribution < -0.4 is 9.64 Å². The lowest BCUT2D eigenvalue weighted by atomic mass is 9.90. The van der Waals surface area contributed by atoms with E-state index in [0.29, 0.717) is 12.3 Å². The van der Waals surface area contributed by atoms with Crippen LogP contribution in [0.5, 0.6) is 5.75 Å². The van der Waals surface area contributed by atoms with Gasteiger partial charge in [-0.3, -0.25) is 9.59 Å². The second-order valence-electron chi connectivity index (χ2n) is 7.44. The monoisotopic (exact) mass is 377 g/mol. The maximum absolute atomic E-state index is 13.4. The number of imide groups is 1. The zero-order valence-corrected chi connectivity index (χ0v) is 15.8. The first-order valence-corrected chi connectivity index (χ1v) is 9.89. The van der Waals surface area contributed by atoms with Crippen LogP contribution in [0.1, 0.15) is 24.9 Å². The molecule has 3 aliphatic rings. The maximum Gasteiger partial charge on any atom is 0.253 e. The number of amides is 2. The second-order valence-corrected chi connectivity index (χ2v) is 7.44. The normalized spacial score (nSPS) is 27.3. The summed E-state index contributed by atoms with van der Waals surface area (Å²) in [6, 6.07) is 16.8. The van der Waals surface area contributed by atoms with Crippen molar-refractivity contribution in [2.24, 2.45) is 5.92 Å². The summed E-state index contributed by atoms with van der Waals surface area (Å²) < 4.78 is 5.48. The van der Waals surface area contributed by atoms with Crippen molar-refractivity contribution in [2.45, 2.75) is 25.4 Å². The fraction of sp³-hybridized carbons (Fsp3) is 0.364. The van der Waals surface area contributed by atoms with Crippen molar-refractivity contribution in [3.63, 3.8) is 0 Å². The van der Waals surface area contributed by atoms with Crippen LogP contribution in [0, 0.1) is 5.92 Å². The molecule has 3 heterocycles. The standard InChI is InChI=1S/C22H23N3O3/c1-2-28-17-11-9-16(10-12-17)25-21(26)18-19(15-7-4-3-5-8-15)23-13-6-14-24(23)20(18)22(25)27/h3-5,7-12,18-20H,2,6,13-14H2,1H3/t18-,19-,20-/m0/s1. The van der Waals surface area contributed by atoms with Gasteiger partial charge in [-0.2, -0.15) is 0 Å². The van der Waals surface area contributed by atoms with Gasteiger partial charge >= 0.3 is 0 Å². The smallest absolute Gasteiger partial charge is 0.253 e. The van der Waals surface area contributed by atoms with Crippen molar-refractivity contribution >= 4 is 17.5 Å². The highest BCUT2D eigenvalue weighted by Crippen LogP contribution is 2.48. The quantitative estimate of drug-likeness (QED) is 0.767. The lowest BCUT2D eigenvalue weighted by Gasteiger charge is -2.29. The van der Waals surface area contributed by atoms with E-state index in [1.807, 2.05) is 37.3 Å². The summed E-state index contributed by atoms with van der Waals surface area (Å²) in [6.07, 6.45) is 1.01. The summed E-state index contributed by atoms with van der Waals surface area (Å²) in [7, 11) is 0. The molecule has 28 heavy (non-hydrogen) atoms. The Labute approximate surface area is 164 Å². The van der Waals surface area contributed by atoms with E-state index in [1.165, 1.54) is 4.90 Å². The minimum Gasteiger partial charge on any atom is -0.494 e. The molecule has 144 valence electrons. The number of ether oxygens (including phenoxy) is 1. The van der Waals surface area contributed by atoms with Crippen LogP contribution >= 0.6 is 0 Å². The van der Waals surface area contributed by atoms with Crippen LogP contribution in [0.3, 0.4) is 0 Å². The van der Waals surface area contributed by atoms with Gasteiger partial charge in [0, 0.05) is 13.1 Å². The molecule has 6 heteroatoms. The van der Waals surface area contributed by atoms with Gasteiger partial charge in [-0.15, -0.1) is 0 Å². The highest BCUT2D eigenvalue weighted by molar-refractivity contribution is 6.24. The Morgan fingerprint density at radius 1 is 0.893 bits per heavy atom. The minimum absolute atomic E-state index is 0.0853. The molecular weight excluding hydrogens is 354 g/mol. The number of benzene rings is 2. The van der Waals surface area contributed by atoms with Crippen molar-refractivity contribution in [3.8, 4) is 5.75 Å². The highest BCUT2D eigenvalue weighted by Gasteiger charge is 2.62. The van der Waals surface area contributed by atoms with Gasteiger partial charge in [0.15, 0.2) is 0 Å². The Morgan fingerprint density at radius 2 is 1.57 bits per heavy atom. The molecule has 5 rings (SSSR count). The lowest BCUT2D eigenvalue weighted by molar-refractivity contribution is -0.126. The van der Waals surface area contributed by atoms with Crippen LogP contribution in [0.25, 0.3) is 0 Å². The van der Waals surface area contributed by atoms with E-state index in [2.05, 4.69) is 22.2 Å². The first-order valence-electron chi connectivity index (χ1n) is 9.89. The van der Waals surface area contributed by atoms with E-state index in [0.717, 1.165) is 30.8 Å². The zero-order valence-electron chi connectivity index (χ0n) is 15.8. The molecule has 2 amide bonds. The summed E-state index contributed by atoms with van der Waals surface area (Å²) in [5.41, 5.74) is 1.71. The number of hydrogen-bond acceptors (Lipinski definition) is 5. The number of fused-ring (bicyclic) bond motifs is 3. The molecule has 0 unspecified atom stereocenters. The average molecular weight is 377 g/mol. The molecule has 3 saturated heterocycles. The molecule has 6 nitrogen and oxygen atoms in total. The van der Waals surface area contributed by atoms with Crippen LogP contribution in [-0.4, -0.2) is 47.6 Å². The molecule has 0 radical (unpaired) electrons. The van der Waals surface area contributed by atoms with Gasteiger partial charge in [-0.25, -0.2) is 14.9 Å². The lowest BCUT2D eigenvalue weighted by Crippen LogP contribution is -2.44. The number of rotatable bonds is 4. The Kier molecular flexibility index (Phi) is 4.18. The van der Waals surface area contributed by atoms with Crippen LogP contribution in [0.4, 0.5) is 5.69 Å². The van der Waals surface area contributed by atoms with Crippen LogP contribution in [-0.2, 0) is 9.59 Å². The van der Waals surface area contributed by atoms with E-state index in [9.17, 15) is 9.59 Å². The molecule has 0 aliphatic carbocycles. The third kappa shape index (κ3) is 2.48. The van der Waals surface area contributed by atoms with Gasteiger partial charge in [0.1, 0.15) is 11.8 Å². The number of nitrogens with zero attached hydrogens (tertiary/aromatic N) is 3. The third-order valence-corrected chi connectivity index (χ3v) is 5.95. The van der Waals surface area contributed by atoms with Gasteiger partial charge in [0.2, 0.25) is 5.91 Å². The van der Waals surface area contributed by atoms with E-state index >= 15 is 0 Å². The third-order valence-electron chi connectivity index (χ3n) is 5.95. The molecule has 0 saturated carbocycles. The summed E-state index contributed by atoms with van der Waals surface area (Å²) in [5.74, 6) is 0.132. The molecule has 2 aromatic rings.